The molecule has 0 fully saturated rings. The number of hydrogen-bond donors (Lipinski definition) is 2. The monoisotopic (exact) mass is 372 g/mol. The summed E-state index contributed by atoms with van der Waals surface area (Å²) in [4.78, 5) is 26.3. The molecule has 0 saturated carbocycles. The Kier molecular flexibility index (Phi) is 4.57. The van der Waals surface area contributed by atoms with Crippen LogP contribution in [0.1, 0.15) is 40.5 Å². The van der Waals surface area contributed by atoms with Crippen molar-refractivity contribution >= 4 is 16.8 Å². The van der Waals surface area contributed by atoms with E-state index in [1.54, 1.807) is 12.4 Å². The molecule has 3 aromatic heterocycles. The van der Waals surface area contributed by atoms with Gasteiger partial charge in [0.25, 0.3) is 5.91 Å². The number of pyridine rings is 2. The number of aromatic amines is 1. The maximum atomic E-state index is 13.1. The molecule has 1 atom stereocenters. The van der Waals surface area contributed by atoms with Crippen LogP contribution in [0.25, 0.3) is 22.2 Å². The fraction of sp³-hybridized carbons (Fsp3) is 0.190. The molecule has 0 aliphatic carbocycles. The standard InChI is InChI=1S/C21H20N6O/c1-12-6-7-18-16(9-12)17(10-19(25-18)15-5-4-8-22-11-15)21(28)23-13(2)20-24-14(3)26-27-20/h4-11,13H,1-3H3,(H,23,28)(H,24,26,27)/t13-/m1/s1. The summed E-state index contributed by atoms with van der Waals surface area (Å²) in [5, 5.41) is 10.7. The lowest BCUT2D eigenvalue weighted by Crippen LogP contribution is -2.27. The van der Waals surface area contributed by atoms with Crippen molar-refractivity contribution in [3.63, 3.8) is 0 Å². The second-order valence-electron chi connectivity index (χ2n) is 6.79. The number of aryl methyl sites for hydroxylation is 2. The second kappa shape index (κ2) is 7.19. The van der Waals surface area contributed by atoms with E-state index in [-0.39, 0.29) is 11.9 Å². The lowest BCUT2D eigenvalue weighted by molar-refractivity contribution is 0.0940. The first-order valence-corrected chi connectivity index (χ1v) is 9.03. The third-order valence-electron chi connectivity index (χ3n) is 4.52. The summed E-state index contributed by atoms with van der Waals surface area (Å²) >= 11 is 0. The molecule has 1 aromatic carbocycles. The Morgan fingerprint density at radius 2 is 2.00 bits per heavy atom. The van der Waals surface area contributed by atoms with Gasteiger partial charge in [-0.15, -0.1) is 0 Å². The summed E-state index contributed by atoms with van der Waals surface area (Å²) in [7, 11) is 0. The number of fused-ring (bicyclic) bond motifs is 1. The average molecular weight is 372 g/mol. The normalized spacial score (nSPS) is 12.1. The van der Waals surface area contributed by atoms with Gasteiger partial charge in [-0.05, 0) is 51.1 Å². The average Bonchev–Trinajstić information content (AvgIpc) is 3.14. The van der Waals surface area contributed by atoms with Crippen LogP contribution in [-0.4, -0.2) is 31.1 Å². The van der Waals surface area contributed by atoms with Crippen LogP contribution in [0.5, 0.6) is 0 Å². The lowest BCUT2D eigenvalue weighted by atomic mass is 10.0. The van der Waals surface area contributed by atoms with Gasteiger partial charge in [0.1, 0.15) is 5.82 Å². The SMILES string of the molecule is Cc1ccc2nc(-c3cccnc3)cc(C(=O)N[C@H](C)c3n[nH]c(C)n3)c2c1. The van der Waals surface area contributed by atoms with E-state index in [1.165, 1.54) is 0 Å². The first kappa shape index (κ1) is 17.8. The van der Waals surface area contributed by atoms with Crippen LogP contribution < -0.4 is 5.32 Å². The van der Waals surface area contributed by atoms with Gasteiger partial charge < -0.3 is 5.32 Å². The molecule has 0 spiro atoms. The van der Waals surface area contributed by atoms with Crippen LogP contribution in [0.3, 0.4) is 0 Å². The van der Waals surface area contributed by atoms with Gasteiger partial charge in [-0.25, -0.2) is 9.97 Å². The quantitative estimate of drug-likeness (QED) is 0.571. The number of benzene rings is 1. The number of nitrogens with zero attached hydrogens (tertiary/aromatic N) is 4. The van der Waals surface area contributed by atoms with Crippen molar-refractivity contribution in [1.29, 1.82) is 0 Å². The molecular weight excluding hydrogens is 352 g/mol. The minimum atomic E-state index is -0.327. The molecule has 28 heavy (non-hydrogen) atoms. The van der Waals surface area contributed by atoms with Gasteiger partial charge in [0.2, 0.25) is 0 Å². The molecule has 0 aliphatic heterocycles. The van der Waals surface area contributed by atoms with E-state index in [2.05, 4.69) is 25.5 Å². The van der Waals surface area contributed by atoms with Crippen LogP contribution in [0.2, 0.25) is 0 Å². The van der Waals surface area contributed by atoms with Gasteiger partial charge in [-0.3, -0.25) is 14.9 Å². The summed E-state index contributed by atoms with van der Waals surface area (Å²) in [5.74, 6) is 1.06. The molecule has 140 valence electrons. The highest BCUT2D eigenvalue weighted by Gasteiger charge is 2.18. The van der Waals surface area contributed by atoms with Gasteiger partial charge >= 0.3 is 0 Å². The van der Waals surface area contributed by atoms with Crippen LogP contribution in [-0.2, 0) is 0 Å². The number of hydrogen-bond acceptors (Lipinski definition) is 5. The van der Waals surface area contributed by atoms with Crippen molar-refractivity contribution in [2.75, 3.05) is 0 Å². The fourth-order valence-electron chi connectivity index (χ4n) is 3.08. The third-order valence-corrected chi connectivity index (χ3v) is 4.52. The maximum Gasteiger partial charge on any atom is 0.252 e. The highest BCUT2D eigenvalue weighted by atomic mass is 16.1. The predicted molar refractivity (Wildman–Crippen MR) is 107 cm³/mol. The van der Waals surface area contributed by atoms with Gasteiger partial charge in [0.05, 0.1) is 22.8 Å². The molecule has 0 radical (unpaired) electrons. The first-order chi connectivity index (χ1) is 13.5. The van der Waals surface area contributed by atoms with Crippen LogP contribution in [0.15, 0.2) is 48.8 Å². The maximum absolute atomic E-state index is 13.1. The van der Waals surface area contributed by atoms with E-state index in [0.717, 1.165) is 22.0 Å². The molecule has 4 aromatic rings. The molecule has 7 heteroatoms. The van der Waals surface area contributed by atoms with E-state index in [1.807, 2.05) is 57.2 Å². The molecule has 4 rings (SSSR count). The summed E-state index contributed by atoms with van der Waals surface area (Å²) in [5.41, 5.74) is 3.95. The third kappa shape index (κ3) is 3.46. The van der Waals surface area contributed by atoms with E-state index < -0.39 is 0 Å². The summed E-state index contributed by atoms with van der Waals surface area (Å²) in [6.07, 6.45) is 3.45. The summed E-state index contributed by atoms with van der Waals surface area (Å²) < 4.78 is 0. The zero-order valence-electron chi connectivity index (χ0n) is 15.9. The number of amides is 1. The molecule has 0 saturated heterocycles. The van der Waals surface area contributed by atoms with E-state index in [9.17, 15) is 4.79 Å². The van der Waals surface area contributed by atoms with Crippen molar-refractivity contribution in [2.45, 2.75) is 26.8 Å². The molecule has 0 aliphatic rings. The second-order valence-corrected chi connectivity index (χ2v) is 6.79. The number of carbonyl (C=O) groups is 1. The Hall–Kier alpha value is -3.61. The van der Waals surface area contributed by atoms with Gasteiger partial charge in [-0.2, -0.15) is 5.10 Å². The van der Waals surface area contributed by atoms with Gasteiger partial charge in [-0.1, -0.05) is 11.6 Å². The topological polar surface area (TPSA) is 96.5 Å². The van der Waals surface area contributed by atoms with Gasteiger partial charge in [0.15, 0.2) is 5.82 Å². The summed E-state index contributed by atoms with van der Waals surface area (Å²) in [6, 6.07) is 11.2. The number of nitrogens with one attached hydrogen (secondary N) is 2. The predicted octanol–water partition coefficient (Wildman–Crippen LogP) is 3.52. The van der Waals surface area contributed by atoms with E-state index >= 15 is 0 Å². The molecule has 0 bridgehead atoms. The smallest absolute Gasteiger partial charge is 0.252 e. The van der Waals surface area contributed by atoms with Crippen LogP contribution >= 0.6 is 0 Å². The number of aromatic nitrogens is 5. The molecule has 0 unspecified atom stereocenters. The van der Waals surface area contributed by atoms with Crippen molar-refractivity contribution in [2.24, 2.45) is 0 Å². The Morgan fingerprint density at radius 1 is 1.14 bits per heavy atom. The Morgan fingerprint density at radius 3 is 2.71 bits per heavy atom. The van der Waals surface area contributed by atoms with Gasteiger partial charge in [0, 0.05) is 23.3 Å². The largest absolute Gasteiger partial charge is 0.342 e. The van der Waals surface area contributed by atoms with Crippen molar-refractivity contribution in [3.05, 3.63) is 71.6 Å². The molecule has 7 nitrogen and oxygen atoms in total. The first-order valence-electron chi connectivity index (χ1n) is 9.03. The number of rotatable bonds is 4. The number of carbonyl (C=O) groups excluding carboxylic acids is 1. The van der Waals surface area contributed by atoms with Crippen LogP contribution in [0, 0.1) is 13.8 Å². The fourth-order valence-corrected chi connectivity index (χ4v) is 3.08. The molecule has 3 heterocycles. The zero-order valence-corrected chi connectivity index (χ0v) is 15.9. The van der Waals surface area contributed by atoms with Crippen molar-refractivity contribution < 1.29 is 4.79 Å². The summed E-state index contributed by atoms with van der Waals surface area (Å²) in [6.45, 7) is 5.68. The highest BCUT2D eigenvalue weighted by Crippen LogP contribution is 2.26. The minimum Gasteiger partial charge on any atom is -0.342 e. The lowest BCUT2D eigenvalue weighted by Gasteiger charge is -2.14. The molecule has 1 amide bonds. The zero-order chi connectivity index (χ0) is 19.7. The van der Waals surface area contributed by atoms with E-state index in [0.29, 0.717) is 22.9 Å². The minimum absolute atomic E-state index is 0.196. The Labute approximate surface area is 162 Å². The Bertz CT molecular complexity index is 1150. The Balaban J connectivity index is 1.77. The molecular formula is C21H20N6O. The van der Waals surface area contributed by atoms with Crippen LogP contribution in [0.4, 0.5) is 0 Å². The number of H-pyrrole nitrogens is 1. The van der Waals surface area contributed by atoms with Crippen molar-refractivity contribution in [3.8, 4) is 11.3 Å². The van der Waals surface area contributed by atoms with E-state index in [4.69, 9.17) is 4.98 Å². The van der Waals surface area contributed by atoms with Crippen molar-refractivity contribution in [1.82, 2.24) is 30.5 Å². The highest BCUT2D eigenvalue weighted by molar-refractivity contribution is 6.07. The molecule has 2 N–H and O–H groups in total.